The van der Waals surface area contributed by atoms with E-state index in [0.29, 0.717) is 6.54 Å². The van der Waals surface area contributed by atoms with E-state index in [1.807, 2.05) is 45.1 Å². The zero-order valence-electron chi connectivity index (χ0n) is 16.9. The van der Waals surface area contributed by atoms with Crippen LogP contribution < -0.4 is 5.32 Å². The van der Waals surface area contributed by atoms with Crippen molar-refractivity contribution in [3.8, 4) is 0 Å². The van der Waals surface area contributed by atoms with Crippen LogP contribution >= 0.6 is 0 Å². The summed E-state index contributed by atoms with van der Waals surface area (Å²) >= 11 is 0. The number of rotatable bonds is 5. The number of benzene rings is 2. The lowest BCUT2D eigenvalue weighted by Gasteiger charge is -2.19. The van der Waals surface area contributed by atoms with E-state index in [0.717, 1.165) is 11.1 Å². The summed E-state index contributed by atoms with van der Waals surface area (Å²) in [5.41, 5.74) is 5.56. The lowest BCUT2D eigenvalue weighted by Crippen LogP contribution is -2.32. The van der Waals surface area contributed by atoms with E-state index in [1.165, 1.54) is 16.7 Å². The maximum atomic E-state index is 11.6. The molecule has 142 valence electrons. The molecule has 3 nitrogen and oxygen atoms in total. The molecule has 0 aromatic heterocycles. The predicted molar refractivity (Wildman–Crippen MR) is 115 cm³/mol. The first kappa shape index (κ1) is 20.5. The molecule has 0 aliphatic carbocycles. The van der Waals surface area contributed by atoms with Gasteiger partial charge >= 0.3 is 6.09 Å². The van der Waals surface area contributed by atoms with Gasteiger partial charge in [0.15, 0.2) is 0 Å². The quantitative estimate of drug-likeness (QED) is 0.660. The molecule has 2 rings (SSSR count). The first-order valence-electron chi connectivity index (χ1n) is 9.22. The molecule has 0 saturated heterocycles. The summed E-state index contributed by atoms with van der Waals surface area (Å²) in [5, 5.41) is 2.72. The maximum Gasteiger partial charge on any atom is 0.407 e. The number of hydrogen-bond donors (Lipinski definition) is 1. The van der Waals surface area contributed by atoms with Gasteiger partial charge in [-0.15, -0.1) is 0 Å². The molecule has 0 fully saturated rings. The van der Waals surface area contributed by atoms with Gasteiger partial charge in [0.05, 0.1) is 0 Å². The minimum atomic E-state index is -0.482. The third-order valence-electron chi connectivity index (χ3n) is 3.97. The van der Waals surface area contributed by atoms with E-state index in [9.17, 15) is 4.79 Å². The second-order valence-corrected chi connectivity index (χ2v) is 7.59. The Morgan fingerprint density at radius 2 is 1.56 bits per heavy atom. The minimum absolute atomic E-state index is 0.405. The molecule has 0 bridgehead atoms. The van der Waals surface area contributed by atoms with Crippen LogP contribution in [0.15, 0.2) is 48.5 Å². The zero-order valence-corrected chi connectivity index (χ0v) is 16.9. The Bertz CT molecular complexity index is 821. The molecule has 27 heavy (non-hydrogen) atoms. The van der Waals surface area contributed by atoms with E-state index in [1.54, 1.807) is 0 Å². The number of nitrogens with one attached hydrogen (secondary N) is 1. The fourth-order valence-electron chi connectivity index (χ4n) is 2.69. The Morgan fingerprint density at radius 1 is 0.963 bits per heavy atom. The Labute approximate surface area is 162 Å². The average molecular weight is 364 g/mol. The van der Waals surface area contributed by atoms with Crippen molar-refractivity contribution in [2.24, 2.45) is 0 Å². The van der Waals surface area contributed by atoms with Crippen molar-refractivity contribution in [3.63, 3.8) is 0 Å². The Balaban J connectivity index is 1.97. The molecule has 1 amide bonds. The van der Waals surface area contributed by atoms with Crippen molar-refractivity contribution < 1.29 is 9.53 Å². The monoisotopic (exact) mass is 363 g/mol. The maximum absolute atomic E-state index is 11.6. The van der Waals surface area contributed by atoms with Crippen LogP contribution in [0.2, 0.25) is 0 Å². The lowest BCUT2D eigenvalue weighted by atomic mass is 10.0. The highest BCUT2D eigenvalue weighted by molar-refractivity contribution is 5.73. The van der Waals surface area contributed by atoms with Gasteiger partial charge in [-0.05, 0) is 68.5 Å². The Hall–Kier alpha value is -2.81. The molecule has 0 radical (unpaired) electrons. The topological polar surface area (TPSA) is 38.3 Å². The van der Waals surface area contributed by atoms with Gasteiger partial charge in [0, 0.05) is 6.54 Å². The molecule has 0 unspecified atom stereocenters. The normalized spacial score (nSPS) is 11.9. The molecule has 0 heterocycles. The molecule has 2 aromatic rings. The molecule has 1 N–H and O–H groups in total. The van der Waals surface area contributed by atoms with E-state index in [2.05, 4.69) is 61.6 Å². The summed E-state index contributed by atoms with van der Waals surface area (Å²) < 4.78 is 5.21. The van der Waals surface area contributed by atoms with Gasteiger partial charge in [-0.1, -0.05) is 60.7 Å². The summed E-state index contributed by atoms with van der Waals surface area (Å²) in [5.74, 6) is 0. The molecular weight excluding hydrogens is 334 g/mol. The number of aryl methyl sites for hydroxylation is 2. The van der Waals surface area contributed by atoms with E-state index < -0.39 is 11.7 Å². The molecule has 3 heteroatoms. The second-order valence-electron chi connectivity index (χ2n) is 7.59. The molecule has 0 spiro atoms. The molecule has 0 saturated carbocycles. The number of alkyl carbamates (subject to hydrolysis) is 1. The van der Waals surface area contributed by atoms with Crippen LogP contribution in [0.3, 0.4) is 0 Å². The van der Waals surface area contributed by atoms with Gasteiger partial charge in [-0.3, -0.25) is 0 Å². The minimum Gasteiger partial charge on any atom is -0.444 e. The van der Waals surface area contributed by atoms with Gasteiger partial charge in [-0.2, -0.15) is 0 Å². The van der Waals surface area contributed by atoms with Gasteiger partial charge < -0.3 is 10.1 Å². The standard InChI is InChI=1S/C24H29NO2/c1-18-9-6-10-19(2)22(18)15-14-21-12-7-11-20(17-21)13-8-16-25-23(26)27-24(3,4)5/h6-15,17H,16H2,1-5H3,(H,25,26). The first-order chi connectivity index (χ1) is 12.7. The largest absolute Gasteiger partial charge is 0.444 e. The molecule has 2 aromatic carbocycles. The van der Waals surface area contributed by atoms with Crippen LogP contribution in [-0.4, -0.2) is 18.2 Å². The third-order valence-corrected chi connectivity index (χ3v) is 3.97. The van der Waals surface area contributed by atoms with E-state index in [4.69, 9.17) is 4.74 Å². The van der Waals surface area contributed by atoms with Crippen molar-refractivity contribution in [2.75, 3.05) is 6.54 Å². The summed E-state index contributed by atoms with van der Waals surface area (Å²) in [6, 6.07) is 14.6. The summed E-state index contributed by atoms with van der Waals surface area (Å²) in [6.45, 7) is 10.2. The van der Waals surface area contributed by atoms with Crippen LogP contribution in [-0.2, 0) is 4.74 Å². The van der Waals surface area contributed by atoms with Crippen LogP contribution in [0.25, 0.3) is 18.2 Å². The SMILES string of the molecule is Cc1cccc(C)c1C=Cc1cccc(C=CCNC(=O)OC(C)(C)C)c1. The number of ether oxygens (including phenoxy) is 1. The highest BCUT2D eigenvalue weighted by atomic mass is 16.6. The Kier molecular flexibility index (Phi) is 7.00. The van der Waals surface area contributed by atoms with E-state index >= 15 is 0 Å². The van der Waals surface area contributed by atoms with Crippen molar-refractivity contribution in [1.29, 1.82) is 0 Å². The van der Waals surface area contributed by atoms with Crippen LogP contribution in [0.1, 0.15) is 48.6 Å². The second kappa shape index (κ2) is 9.22. The average Bonchev–Trinajstić information content (AvgIpc) is 2.57. The van der Waals surface area contributed by atoms with Crippen molar-refractivity contribution in [3.05, 3.63) is 76.4 Å². The number of hydrogen-bond acceptors (Lipinski definition) is 2. The highest BCUT2D eigenvalue weighted by Crippen LogP contribution is 2.17. The van der Waals surface area contributed by atoms with Crippen LogP contribution in [0.5, 0.6) is 0 Å². The van der Waals surface area contributed by atoms with Crippen LogP contribution in [0, 0.1) is 13.8 Å². The lowest BCUT2D eigenvalue weighted by molar-refractivity contribution is 0.0534. The number of amides is 1. The first-order valence-corrected chi connectivity index (χ1v) is 9.22. The summed E-state index contributed by atoms with van der Waals surface area (Å²) in [7, 11) is 0. The highest BCUT2D eigenvalue weighted by Gasteiger charge is 2.14. The fraction of sp³-hybridized carbons (Fsp3) is 0.292. The van der Waals surface area contributed by atoms with Crippen molar-refractivity contribution in [2.45, 2.75) is 40.2 Å². The smallest absolute Gasteiger partial charge is 0.407 e. The van der Waals surface area contributed by atoms with Crippen molar-refractivity contribution >= 4 is 24.3 Å². The van der Waals surface area contributed by atoms with E-state index in [-0.39, 0.29) is 0 Å². The number of carbonyl (C=O) groups is 1. The molecule has 0 atom stereocenters. The van der Waals surface area contributed by atoms with Crippen LogP contribution in [0.4, 0.5) is 4.79 Å². The summed E-state index contributed by atoms with van der Waals surface area (Å²) in [4.78, 5) is 11.6. The van der Waals surface area contributed by atoms with Gasteiger partial charge in [-0.25, -0.2) is 4.79 Å². The van der Waals surface area contributed by atoms with Crippen molar-refractivity contribution in [1.82, 2.24) is 5.32 Å². The zero-order chi connectivity index (χ0) is 19.9. The number of carbonyl (C=O) groups excluding carboxylic acids is 1. The molecule has 0 aliphatic heterocycles. The third kappa shape index (κ3) is 7.14. The fourth-order valence-corrected chi connectivity index (χ4v) is 2.69. The van der Waals surface area contributed by atoms with Gasteiger partial charge in [0.25, 0.3) is 0 Å². The van der Waals surface area contributed by atoms with Gasteiger partial charge in [0.2, 0.25) is 0 Å². The summed E-state index contributed by atoms with van der Waals surface area (Å²) in [6.07, 6.45) is 7.80. The molecule has 0 aliphatic rings. The Morgan fingerprint density at radius 3 is 2.19 bits per heavy atom. The molecular formula is C24H29NO2. The van der Waals surface area contributed by atoms with Gasteiger partial charge in [0.1, 0.15) is 5.60 Å². The predicted octanol–water partition coefficient (Wildman–Crippen LogP) is 6.01.